The van der Waals surface area contributed by atoms with Crippen LogP contribution in [0.15, 0.2) is 24.3 Å². The topological polar surface area (TPSA) is 75.7 Å². The molecule has 2 aliphatic rings. The second kappa shape index (κ2) is 5.65. The summed E-state index contributed by atoms with van der Waals surface area (Å²) in [5.74, 6) is -0.784. The van der Waals surface area contributed by atoms with Crippen LogP contribution in [-0.4, -0.2) is 48.4 Å². The number of carbonyl (C=O) groups excluding carboxylic acids is 3. The average molecular weight is 288 g/mol. The van der Waals surface area contributed by atoms with Crippen molar-refractivity contribution in [3.8, 4) is 0 Å². The lowest BCUT2D eigenvalue weighted by atomic mass is 10.1. The van der Waals surface area contributed by atoms with Crippen LogP contribution in [0.1, 0.15) is 33.6 Å². The van der Waals surface area contributed by atoms with E-state index in [-0.39, 0.29) is 30.8 Å². The highest BCUT2D eigenvalue weighted by atomic mass is 16.5. The summed E-state index contributed by atoms with van der Waals surface area (Å²) in [7, 11) is 0. The lowest BCUT2D eigenvalue weighted by molar-refractivity contribution is -0.130. The van der Waals surface area contributed by atoms with Gasteiger partial charge in [-0.25, -0.2) is 0 Å². The average Bonchev–Trinajstić information content (AvgIpc) is 3.11. The van der Waals surface area contributed by atoms with Gasteiger partial charge in [0.15, 0.2) is 0 Å². The number of ether oxygens (including phenoxy) is 1. The number of hydrogen-bond acceptors (Lipinski definition) is 4. The van der Waals surface area contributed by atoms with Crippen molar-refractivity contribution in [3.63, 3.8) is 0 Å². The van der Waals surface area contributed by atoms with Crippen LogP contribution >= 0.6 is 0 Å². The summed E-state index contributed by atoms with van der Waals surface area (Å²) in [6, 6.07) is 6.74. The van der Waals surface area contributed by atoms with E-state index in [9.17, 15) is 14.4 Å². The molecule has 2 heterocycles. The first-order valence-electron chi connectivity index (χ1n) is 7.03. The molecule has 1 aromatic carbocycles. The van der Waals surface area contributed by atoms with Gasteiger partial charge in [-0.05, 0) is 25.0 Å². The number of rotatable bonds is 4. The summed E-state index contributed by atoms with van der Waals surface area (Å²) in [4.78, 5) is 37.2. The van der Waals surface area contributed by atoms with E-state index >= 15 is 0 Å². The quantitative estimate of drug-likeness (QED) is 0.822. The molecule has 0 saturated carbocycles. The lowest BCUT2D eigenvalue weighted by Gasteiger charge is -2.15. The van der Waals surface area contributed by atoms with E-state index in [4.69, 9.17) is 4.74 Å². The largest absolute Gasteiger partial charge is 0.368 e. The summed E-state index contributed by atoms with van der Waals surface area (Å²) < 4.78 is 5.27. The summed E-state index contributed by atoms with van der Waals surface area (Å²) in [6.45, 7) is 1.02. The third-order valence-corrected chi connectivity index (χ3v) is 3.73. The highest BCUT2D eigenvalue weighted by Crippen LogP contribution is 2.21. The molecule has 0 aromatic heterocycles. The number of benzene rings is 1. The van der Waals surface area contributed by atoms with Gasteiger partial charge in [0.25, 0.3) is 11.8 Å². The van der Waals surface area contributed by atoms with Crippen LogP contribution in [0.3, 0.4) is 0 Å². The van der Waals surface area contributed by atoms with Gasteiger partial charge in [0.1, 0.15) is 6.10 Å². The molecule has 1 aromatic rings. The fraction of sp³-hybridized carbons (Fsp3) is 0.400. The number of nitrogens with zero attached hydrogens (tertiary/aromatic N) is 1. The van der Waals surface area contributed by atoms with Crippen molar-refractivity contribution >= 4 is 17.7 Å². The zero-order valence-electron chi connectivity index (χ0n) is 11.5. The molecule has 1 N–H and O–H groups in total. The number of hydrogen-bond donors (Lipinski definition) is 1. The van der Waals surface area contributed by atoms with Crippen LogP contribution in [0.5, 0.6) is 0 Å². The lowest BCUT2D eigenvalue weighted by Crippen LogP contribution is -2.41. The van der Waals surface area contributed by atoms with E-state index in [1.165, 1.54) is 4.90 Å². The first kappa shape index (κ1) is 13.8. The Bertz CT molecular complexity index is 558. The molecule has 1 fully saturated rings. The van der Waals surface area contributed by atoms with Crippen LogP contribution in [-0.2, 0) is 9.53 Å². The number of fused-ring (bicyclic) bond motifs is 1. The maximum atomic E-state index is 12.1. The zero-order chi connectivity index (χ0) is 14.8. The monoisotopic (exact) mass is 288 g/mol. The van der Waals surface area contributed by atoms with Crippen molar-refractivity contribution in [1.82, 2.24) is 10.2 Å². The van der Waals surface area contributed by atoms with E-state index in [2.05, 4.69) is 5.32 Å². The zero-order valence-corrected chi connectivity index (χ0v) is 11.5. The van der Waals surface area contributed by atoms with Gasteiger partial charge in [-0.15, -0.1) is 0 Å². The van der Waals surface area contributed by atoms with Gasteiger partial charge in [-0.3, -0.25) is 19.3 Å². The SMILES string of the molecule is O=C(NCCN1C(=O)c2ccccc2C1=O)C1CCCO1. The van der Waals surface area contributed by atoms with Crippen molar-refractivity contribution in [2.24, 2.45) is 0 Å². The third kappa shape index (κ3) is 2.54. The molecule has 0 bridgehead atoms. The predicted octanol–water partition coefficient (Wildman–Crippen LogP) is 0.578. The highest BCUT2D eigenvalue weighted by molar-refractivity contribution is 6.21. The van der Waals surface area contributed by atoms with Crippen molar-refractivity contribution in [3.05, 3.63) is 35.4 Å². The van der Waals surface area contributed by atoms with Gasteiger partial charge in [-0.2, -0.15) is 0 Å². The van der Waals surface area contributed by atoms with Crippen LogP contribution in [0.4, 0.5) is 0 Å². The van der Waals surface area contributed by atoms with E-state index in [0.29, 0.717) is 17.7 Å². The van der Waals surface area contributed by atoms with Crippen LogP contribution in [0, 0.1) is 0 Å². The Morgan fingerprint density at radius 3 is 2.48 bits per heavy atom. The Morgan fingerprint density at radius 1 is 1.24 bits per heavy atom. The molecule has 6 nitrogen and oxygen atoms in total. The summed E-state index contributed by atoms with van der Waals surface area (Å²) in [5, 5.41) is 2.71. The first-order chi connectivity index (χ1) is 10.2. The number of nitrogens with one attached hydrogen (secondary N) is 1. The second-order valence-corrected chi connectivity index (χ2v) is 5.10. The normalized spacial score (nSPS) is 20.8. The maximum Gasteiger partial charge on any atom is 0.261 e. The van der Waals surface area contributed by atoms with Crippen molar-refractivity contribution in [1.29, 1.82) is 0 Å². The first-order valence-corrected chi connectivity index (χ1v) is 7.03. The molecule has 6 heteroatoms. The minimum atomic E-state index is -0.396. The van der Waals surface area contributed by atoms with Gasteiger partial charge in [-0.1, -0.05) is 12.1 Å². The Morgan fingerprint density at radius 2 is 1.90 bits per heavy atom. The Hall–Kier alpha value is -2.21. The number of imide groups is 1. The molecule has 110 valence electrons. The molecule has 1 saturated heterocycles. The highest BCUT2D eigenvalue weighted by Gasteiger charge is 2.34. The molecule has 1 atom stereocenters. The number of amides is 3. The molecular formula is C15H16N2O4. The van der Waals surface area contributed by atoms with E-state index < -0.39 is 6.10 Å². The van der Waals surface area contributed by atoms with Gasteiger partial charge in [0.05, 0.1) is 11.1 Å². The minimum Gasteiger partial charge on any atom is -0.368 e. The molecule has 2 aliphatic heterocycles. The fourth-order valence-electron chi connectivity index (χ4n) is 2.63. The third-order valence-electron chi connectivity index (χ3n) is 3.73. The Kier molecular flexibility index (Phi) is 3.70. The van der Waals surface area contributed by atoms with Crippen LogP contribution in [0.2, 0.25) is 0 Å². The Balaban J connectivity index is 1.56. The van der Waals surface area contributed by atoms with Gasteiger partial charge in [0.2, 0.25) is 5.91 Å². The summed E-state index contributed by atoms with van der Waals surface area (Å²) in [6.07, 6.45) is 1.21. The molecule has 21 heavy (non-hydrogen) atoms. The predicted molar refractivity (Wildman–Crippen MR) is 73.8 cm³/mol. The Labute approximate surface area is 122 Å². The van der Waals surface area contributed by atoms with E-state index in [1.54, 1.807) is 24.3 Å². The summed E-state index contributed by atoms with van der Waals surface area (Å²) >= 11 is 0. The standard InChI is InChI=1S/C15H16N2O4/c18-13(12-6-3-9-21-12)16-7-8-17-14(19)10-4-1-2-5-11(10)15(17)20/h1-2,4-5,12H,3,6-9H2,(H,16,18). The van der Waals surface area contributed by atoms with Gasteiger partial charge < -0.3 is 10.1 Å². The van der Waals surface area contributed by atoms with Gasteiger partial charge >= 0.3 is 0 Å². The fourth-order valence-corrected chi connectivity index (χ4v) is 2.63. The van der Waals surface area contributed by atoms with Crippen LogP contribution < -0.4 is 5.32 Å². The van der Waals surface area contributed by atoms with Gasteiger partial charge in [0, 0.05) is 19.7 Å². The smallest absolute Gasteiger partial charge is 0.261 e. The van der Waals surface area contributed by atoms with E-state index in [0.717, 1.165) is 12.8 Å². The van der Waals surface area contributed by atoms with E-state index in [1.807, 2.05) is 0 Å². The molecule has 3 amide bonds. The van der Waals surface area contributed by atoms with Crippen molar-refractivity contribution in [2.45, 2.75) is 18.9 Å². The maximum absolute atomic E-state index is 12.1. The van der Waals surface area contributed by atoms with Crippen molar-refractivity contribution in [2.75, 3.05) is 19.7 Å². The molecule has 3 rings (SSSR count). The molecular weight excluding hydrogens is 272 g/mol. The molecule has 1 unspecified atom stereocenters. The van der Waals surface area contributed by atoms with Crippen LogP contribution in [0.25, 0.3) is 0 Å². The van der Waals surface area contributed by atoms with Crippen molar-refractivity contribution < 1.29 is 19.1 Å². The minimum absolute atomic E-state index is 0.171. The number of carbonyl (C=O) groups is 3. The second-order valence-electron chi connectivity index (χ2n) is 5.10. The molecule has 0 spiro atoms. The summed E-state index contributed by atoms with van der Waals surface area (Å²) in [5.41, 5.74) is 0.848. The molecule has 0 aliphatic carbocycles. The molecule has 0 radical (unpaired) electrons.